The maximum Gasteiger partial charge on any atom is 0.343 e. The topological polar surface area (TPSA) is 35.5 Å². The van der Waals surface area contributed by atoms with Crippen LogP contribution < -0.4 is 9.47 Å². The zero-order chi connectivity index (χ0) is 18.6. The number of ether oxygens (including phenoxy) is 2. The molecule has 0 spiro atoms. The molecule has 2 aromatic carbocycles. The van der Waals surface area contributed by atoms with Gasteiger partial charge in [-0.2, -0.15) is 0 Å². The predicted molar refractivity (Wildman–Crippen MR) is 106 cm³/mol. The second kappa shape index (κ2) is 11.3. The molecule has 0 fully saturated rings. The molecule has 0 radical (unpaired) electrons. The average Bonchev–Trinajstić information content (AvgIpc) is 2.67. The lowest BCUT2D eigenvalue weighted by atomic mass is 10.0. The Kier molecular flexibility index (Phi) is 8.74. The second-order valence-corrected chi connectivity index (χ2v) is 6.53. The van der Waals surface area contributed by atoms with Crippen molar-refractivity contribution >= 4 is 5.97 Å². The van der Waals surface area contributed by atoms with Crippen molar-refractivity contribution in [3.05, 3.63) is 59.7 Å². The molecule has 0 bridgehead atoms. The fraction of sp³-hybridized carbons (Fsp3) is 0.435. The molecule has 140 valence electrons. The predicted octanol–water partition coefficient (Wildman–Crippen LogP) is 6.21. The molecular weight excluding hydrogens is 324 g/mol. The Labute approximate surface area is 157 Å². The molecule has 0 amide bonds. The van der Waals surface area contributed by atoms with Gasteiger partial charge in [0.2, 0.25) is 0 Å². The van der Waals surface area contributed by atoms with Crippen molar-refractivity contribution in [1.29, 1.82) is 0 Å². The third-order valence-corrected chi connectivity index (χ3v) is 4.34. The second-order valence-electron chi connectivity index (χ2n) is 6.53. The van der Waals surface area contributed by atoms with Gasteiger partial charge in [0, 0.05) is 0 Å². The Morgan fingerprint density at radius 1 is 0.808 bits per heavy atom. The number of unbranched alkanes of at least 4 members (excludes halogenated alkanes) is 4. The van der Waals surface area contributed by atoms with Gasteiger partial charge in [-0.3, -0.25) is 0 Å². The first-order valence-electron chi connectivity index (χ1n) is 9.77. The monoisotopic (exact) mass is 354 g/mol. The van der Waals surface area contributed by atoms with E-state index in [4.69, 9.17) is 9.47 Å². The molecule has 0 saturated carbocycles. The van der Waals surface area contributed by atoms with E-state index in [1.165, 1.54) is 19.3 Å². The summed E-state index contributed by atoms with van der Waals surface area (Å²) in [6, 6.07) is 15.0. The average molecular weight is 354 g/mol. The maximum absolute atomic E-state index is 12.5. The minimum Gasteiger partial charge on any atom is -0.494 e. The summed E-state index contributed by atoms with van der Waals surface area (Å²) in [6.07, 6.45) is 7.80. The van der Waals surface area contributed by atoms with Crippen molar-refractivity contribution in [2.24, 2.45) is 0 Å². The normalized spacial score (nSPS) is 10.5. The summed E-state index contributed by atoms with van der Waals surface area (Å²) in [5.41, 5.74) is 1.70. The summed E-state index contributed by atoms with van der Waals surface area (Å²) in [5.74, 6) is 1.05. The Hall–Kier alpha value is -2.29. The molecule has 0 atom stereocenters. The van der Waals surface area contributed by atoms with Crippen LogP contribution in [-0.2, 0) is 6.42 Å². The highest BCUT2D eigenvalue weighted by atomic mass is 16.5. The number of esters is 1. The van der Waals surface area contributed by atoms with E-state index >= 15 is 0 Å². The Morgan fingerprint density at radius 2 is 1.50 bits per heavy atom. The number of carbonyl (C=O) groups is 1. The molecule has 0 saturated heterocycles. The quantitative estimate of drug-likeness (QED) is 0.273. The van der Waals surface area contributed by atoms with Gasteiger partial charge in [0.15, 0.2) is 0 Å². The number of aryl methyl sites for hydroxylation is 1. The largest absolute Gasteiger partial charge is 0.494 e. The van der Waals surface area contributed by atoms with E-state index in [2.05, 4.69) is 13.8 Å². The molecule has 0 N–H and O–H groups in total. The SMILES string of the molecule is CCCCCCOc1ccc(OC(=O)c2ccccc2CCCC)cc1. The molecule has 0 aliphatic carbocycles. The molecule has 0 unspecified atom stereocenters. The van der Waals surface area contributed by atoms with E-state index < -0.39 is 0 Å². The minimum absolute atomic E-state index is 0.301. The van der Waals surface area contributed by atoms with Crippen LogP contribution in [0.1, 0.15) is 68.3 Å². The molecule has 0 aliphatic heterocycles. The first-order valence-corrected chi connectivity index (χ1v) is 9.77. The van der Waals surface area contributed by atoms with Gasteiger partial charge >= 0.3 is 5.97 Å². The molecule has 2 rings (SSSR count). The molecule has 26 heavy (non-hydrogen) atoms. The highest BCUT2D eigenvalue weighted by molar-refractivity contribution is 5.92. The first-order chi connectivity index (χ1) is 12.7. The summed E-state index contributed by atoms with van der Waals surface area (Å²) in [4.78, 5) is 12.5. The van der Waals surface area contributed by atoms with Gasteiger partial charge in [-0.05, 0) is 55.2 Å². The zero-order valence-electron chi connectivity index (χ0n) is 16.0. The molecule has 3 heteroatoms. The van der Waals surface area contributed by atoms with E-state index in [1.54, 1.807) is 12.1 Å². The van der Waals surface area contributed by atoms with Gasteiger partial charge < -0.3 is 9.47 Å². The summed E-state index contributed by atoms with van der Waals surface area (Å²) in [5, 5.41) is 0. The summed E-state index contributed by atoms with van der Waals surface area (Å²) in [7, 11) is 0. The van der Waals surface area contributed by atoms with Crippen LogP contribution in [0.3, 0.4) is 0 Å². The van der Waals surface area contributed by atoms with Gasteiger partial charge in [0.05, 0.1) is 12.2 Å². The third-order valence-electron chi connectivity index (χ3n) is 4.34. The van der Waals surface area contributed by atoms with Crippen LogP contribution in [0.2, 0.25) is 0 Å². The van der Waals surface area contributed by atoms with Gasteiger partial charge in [-0.1, -0.05) is 57.7 Å². The van der Waals surface area contributed by atoms with E-state index in [1.807, 2.05) is 36.4 Å². The number of hydrogen-bond acceptors (Lipinski definition) is 3. The minimum atomic E-state index is -0.301. The Balaban J connectivity index is 1.89. The highest BCUT2D eigenvalue weighted by Crippen LogP contribution is 2.20. The standard InChI is InChI=1S/C23H30O3/c1-3-5-7-10-18-25-20-14-16-21(17-15-20)26-23(24)22-13-9-8-12-19(22)11-6-4-2/h8-9,12-17H,3-7,10-11,18H2,1-2H3. The maximum atomic E-state index is 12.5. The van der Waals surface area contributed by atoms with E-state index in [0.717, 1.165) is 43.6 Å². The van der Waals surface area contributed by atoms with Crippen LogP contribution in [0.15, 0.2) is 48.5 Å². The fourth-order valence-corrected chi connectivity index (χ4v) is 2.79. The van der Waals surface area contributed by atoms with Crippen LogP contribution in [0, 0.1) is 0 Å². The van der Waals surface area contributed by atoms with Gasteiger partial charge in [-0.25, -0.2) is 4.79 Å². The van der Waals surface area contributed by atoms with E-state index in [-0.39, 0.29) is 5.97 Å². The van der Waals surface area contributed by atoms with Gasteiger partial charge in [0.25, 0.3) is 0 Å². The smallest absolute Gasteiger partial charge is 0.343 e. The van der Waals surface area contributed by atoms with Gasteiger partial charge in [0.1, 0.15) is 11.5 Å². The van der Waals surface area contributed by atoms with Gasteiger partial charge in [-0.15, -0.1) is 0 Å². The number of rotatable bonds is 11. The van der Waals surface area contributed by atoms with Crippen molar-refractivity contribution in [1.82, 2.24) is 0 Å². The third kappa shape index (κ3) is 6.55. The molecular formula is C23H30O3. The van der Waals surface area contributed by atoms with Crippen molar-refractivity contribution < 1.29 is 14.3 Å². The summed E-state index contributed by atoms with van der Waals surface area (Å²) in [6.45, 7) is 5.07. The van der Waals surface area contributed by atoms with Crippen LogP contribution >= 0.6 is 0 Å². The van der Waals surface area contributed by atoms with Crippen molar-refractivity contribution in [3.8, 4) is 11.5 Å². The van der Waals surface area contributed by atoms with Crippen molar-refractivity contribution in [3.63, 3.8) is 0 Å². The summed E-state index contributed by atoms with van der Waals surface area (Å²) < 4.78 is 11.3. The van der Waals surface area contributed by atoms with Crippen LogP contribution in [0.5, 0.6) is 11.5 Å². The lowest BCUT2D eigenvalue weighted by Crippen LogP contribution is -2.11. The summed E-state index contributed by atoms with van der Waals surface area (Å²) >= 11 is 0. The molecule has 0 aliphatic rings. The zero-order valence-corrected chi connectivity index (χ0v) is 16.0. The van der Waals surface area contributed by atoms with Crippen LogP contribution in [0.4, 0.5) is 0 Å². The molecule has 2 aromatic rings. The number of benzene rings is 2. The van der Waals surface area contributed by atoms with Crippen molar-refractivity contribution in [2.75, 3.05) is 6.61 Å². The number of hydrogen-bond donors (Lipinski definition) is 0. The molecule has 0 heterocycles. The van der Waals surface area contributed by atoms with Crippen molar-refractivity contribution in [2.45, 2.75) is 58.8 Å². The van der Waals surface area contributed by atoms with Crippen LogP contribution in [0.25, 0.3) is 0 Å². The lowest BCUT2D eigenvalue weighted by Gasteiger charge is -2.10. The first kappa shape index (κ1) is 20.0. The fourth-order valence-electron chi connectivity index (χ4n) is 2.79. The Bertz CT molecular complexity index is 661. The molecule has 0 aromatic heterocycles. The number of carbonyl (C=O) groups excluding carboxylic acids is 1. The lowest BCUT2D eigenvalue weighted by molar-refractivity contribution is 0.0733. The Morgan fingerprint density at radius 3 is 2.23 bits per heavy atom. The van der Waals surface area contributed by atoms with E-state index in [9.17, 15) is 4.79 Å². The highest BCUT2D eigenvalue weighted by Gasteiger charge is 2.13. The van der Waals surface area contributed by atoms with E-state index in [0.29, 0.717) is 11.3 Å². The molecule has 3 nitrogen and oxygen atoms in total. The van der Waals surface area contributed by atoms with Crippen LogP contribution in [-0.4, -0.2) is 12.6 Å².